The molecule has 7 unspecified atom stereocenters. The molecule has 3 heteroatoms. The summed E-state index contributed by atoms with van der Waals surface area (Å²) in [6.45, 7) is 32.6. The van der Waals surface area contributed by atoms with Crippen LogP contribution >= 0.6 is 11.6 Å². The van der Waals surface area contributed by atoms with Gasteiger partial charge in [0.15, 0.2) is 0 Å². The predicted octanol–water partition coefficient (Wildman–Crippen LogP) is 12.2. The topological polar surface area (TPSA) is 24.1 Å². The van der Waals surface area contributed by atoms with Gasteiger partial charge in [-0.25, -0.2) is 0 Å². The highest BCUT2D eigenvalue weighted by Gasteiger charge is 2.41. The lowest BCUT2D eigenvalue weighted by Crippen LogP contribution is -2.30. The first-order valence-electron chi connectivity index (χ1n) is 17.8. The Kier molecular flexibility index (Phi) is 17.6. The van der Waals surface area contributed by atoms with Crippen molar-refractivity contribution in [1.29, 1.82) is 0 Å². The van der Waals surface area contributed by atoms with Crippen LogP contribution in [-0.2, 0) is 0 Å². The Morgan fingerprint density at radius 1 is 0.978 bits per heavy atom. The van der Waals surface area contributed by atoms with Crippen LogP contribution in [0.2, 0.25) is 5.02 Å². The van der Waals surface area contributed by atoms with Crippen molar-refractivity contribution in [1.82, 2.24) is 10.6 Å². The Balaban J connectivity index is 0.000000797. The van der Waals surface area contributed by atoms with Crippen molar-refractivity contribution >= 4 is 11.6 Å². The molecule has 0 bridgehead atoms. The summed E-state index contributed by atoms with van der Waals surface area (Å²) in [7, 11) is 0. The molecule has 0 aromatic heterocycles. The van der Waals surface area contributed by atoms with Crippen LogP contribution in [0.4, 0.5) is 0 Å². The number of allylic oxidation sites excluding steroid dienone is 3. The van der Waals surface area contributed by atoms with Crippen LogP contribution in [0.1, 0.15) is 97.6 Å². The molecule has 0 radical (unpaired) electrons. The van der Waals surface area contributed by atoms with E-state index in [0.29, 0.717) is 30.2 Å². The number of nitrogens with one attached hydrogen (secondary N) is 2. The first-order valence-corrected chi connectivity index (χ1v) is 18.2. The minimum atomic E-state index is 0.373. The molecule has 0 aliphatic heterocycles. The van der Waals surface area contributed by atoms with Crippen molar-refractivity contribution in [3.05, 3.63) is 120 Å². The molecule has 0 saturated heterocycles. The van der Waals surface area contributed by atoms with Gasteiger partial charge in [-0.3, -0.25) is 0 Å². The summed E-state index contributed by atoms with van der Waals surface area (Å²) in [6.07, 6.45) is 10.9. The Bertz CT molecular complexity index is 1210. The number of hydrogen-bond donors (Lipinski definition) is 2. The van der Waals surface area contributed by atoms with Gasteiger partial charge in [0.25, 0.3) is 0 Å². The standard InChI is InChI=1S/C36H58N2.C7H7Cl/c1-11-26(5)23-37-29(8)24-38-31(10)30(9)34(21-28(7)32(12-2)20-25(3)4)19-18-27(6)35-22-36(35)33-16-14-13-15-17-33;1-6-3-2-4-7(8)5-6/h11,13-17,21,25-27,30,32,34-38H,1,8,10,12,18-20,22-24H2,2-7,9H3;2-5H,1H3/b28-21+;. The predicted molar refractivity (Wildman–Crippen MR) is 205 cm³/mol. The van der Waals surface area contributed by atoms with Gasteiger partial charge in [0.1, 0.15) is 0 Å². The monoisotopic (exact) mass is 644 g/mol. The van der Waals surface area contributed by atoms with E-state index in [-0.39, 0.29) is 0 Å². The van der Waals surface area contributed by atoms with Crippen LogP contribution in [0.15, 0.2) is 103 Å². The Morgan fingerprint density at radius 3 is 2.24 bits per heavy atom. The molecule has 2 aromatic carbocycles. The number of rotatable bonds is 19. The highest BCUT2D eigenvalue weighted by Crippen LogP contribution is 2.53. The van der Waals surface area contributed by atoms with E-state index in [1.165, 1.54) is 43.2 Å². The third-order valence-electron chi connectivity index (χ3n) is 9.90. The third kappa shape index (κ3) is 14.4. The maximum Gasteiger partial charge on any atom is 0.0538 e. The number of hydrogen-bond acceptors (Lipinski definition) is 2. The van der Waals surface area contributed by atoms with Crippen molar-refractivity contribution in [3.63, 3.8) is 0 Å². The molecule has 0 spiro atoms. The van der Waals surface area contributed by atoms with E-state index in [9.17, 15) is 0 Å². The van der Waals surface area contributed by atoms with Gasteiger partial charge in [0.2, 0.25) is 0 Å². The van der Waals surface area contributed by atoms with Crippen molar-refractivity contribution in [3.8, 4) is 0 Å². The SMILES string of the molecule is C=CC(C)CNC(=C)CNC(=C)C(C)C(/C=C(\C)C(CC)CC(C)C)CCC(C)C1CC1c1ccccc1.Cc1cccc(Cl)c1. The second-order valence-electron chi connectivity index (χ2n) is 14.4. The molecular weight excluding hydrogens is 580 g/mol. The first kappa shape index (κ1) is 39.5. The van der Waals surface area contributed by atoms with Crippen LogP contribution in [0.5, 0.6) is 0 Å². The van der Waals surface area contributed by atoms with Gasteiger partial charge in [-0.05, 0) is 111 Å². The smallest absolute Gasteiger partial charge is 0.0538 e. The quantitative estimate of drug-likeness (QED) is 0.149. The molecule has 2 nitrogen and oxygen atoms in total. The van der Waals surface area contributed by atoms with Crippen LogP contribution in [0, 0.1) is 48.3 Å². The number of benzene rings is 2. The van der Waals surface area contributed by atoms with Crippen LogP contribution in [0.3, 0.4) is 0 Å². The lowest BCUT2D eigenvalue weighted by Gasteiger charge is -2.28. The highest BCUT2D eigenvalue weighted by molar-refractivity contribution is 6.30. The lowest BCUT2D eigenvalue weighted by molar-refractivity contribution is 0.359. The van der Waals surface area contributed by atoms with Crippen LogP contribution in [-0.4, -0.2) is 13.1 Å². The summed E-state index contributed by atoms with van der Waals surface area (Å²) in [5.41, 5.74) is 6.43. The first-order chi connectivity index (χ1) is 21.9. The van der Waals surface area contributed by atoms with Gasteiger partial charge >= 0.3 is 0 Å². The molecule has 1 saturated carbocycles. The van der Waals surface area contributed by atoms with Gasteiger partial charge < -0.3 is 10.6 Å². The summed E-state index contributed by atoms with van der Waals surface area (Å²) in [5.74, 6) is 5.03. The minimum absolute atomic E-state index is 0.373. The van der Waals surface area contributed by atoms with E-state index >= 15 is 0 Å². The van der Waals surface area contributed by atoms with Gasteiger partial charge in [-0.15, -0.1) is 6.58 Å². The Morgan fingerprint density at radius 2 is 1.67 bits per heavy atom. The van der Waals surface area contributed by atoms with E-state index in [1.807, 2.05) is 37.3 Å². The molecular formula is C43H65ClN2. The Labute approximate surface area is 288 Å². The third-order valence-corrected chi connectivity index (χ3v) is 10.1. The van der Waals surface area contributed by atoms with E-state index < -0.39 is 0 Å². The van der Waals surface area contributed by atoms with Crippen LogP contribution in [0.25, 0.3) is 0 Å². The molecule has 0 amide bonds. The fourth-order valence-electron chi connectivity index (χ4n) is 6.49. The molecule has 2 N–H and O–H groups in total. The van der Waals surface area contributed by atoms with E-state index in [0.717, 1.165) is 46.6 Å². The summed E-state index contributed by atoms with van der Waals surface area (Å²) in [5, 5.41) is 7.83. The summed E-state index contributed by atoms with van der Waals surface area (Å²) in [4.78, 5) is 0. The van der Waals surface area contributed by atoms with E-state index in [2.05, 4.69) is 115 Å². The molecule has 0 heterocycles. The van der Waals surface area contributed by atoms with E-state index in [1.54, 1.807) is 5.57 Å². The van der Waals surface area contributed by atoms with Crippen molar-refractivity contribution in [2.24, 2.45) is 41.4 Å². The molecule has 1 aliphatic carbocycles. The number of aryl methyl sites for hydroxylation is 1. The average Bonchev–Trinajstić information content (AvgIpc) is 3.84. The molecule has 46 heavy (non-hydrogen) atoms. The van der Waals surface area contributed by atoms with Crippen molar-refractivity contribution < 1.29 is 0 Å². The summed E-state index contributed by atoms with van der Waals surface area (Å²) < 4.78 is 0. The molecule has 254 valence electrons. The molecule has 1 aliphatic rings. The zero-order valence-electron chi connectivity index (χ0n) is 30.4. The maximum atomic E-state index is 5.64. The summed E-state index contributed by atoms with van der Waals surface area (Å²) in [6, 6.07) is 18.9. The zero-order chi connectivity index (χ0) is 34.2. The highest BCUT2D eigenvalue weighted by atomic mass is 35.5. The second-order valence-corrected chi connectivity index (χ2v) is 14.9. The number of halogens is 1. The average molecular weight is 645 g/mol. The fraction of sp³-hybridized carbons (Fsp3) is 0.535. The summed E-state index contributed by atoms with van der Waals surface area (Å²) >= 11 is 5.64. The Hall–Kier alpha value is -2.71. The van der Waals surface area contributed by atoms with Crippen molar-refractivity contribution in [2.75, 3.05) is 13.1 Å². The van der Waals surface area contributed by atoms with Crippen LogP contribution < -0.4 is 10.6 Å². The van der Waals surface area contributed by atoms with Crippen molar-refractivity contribution in [2.45, 2.75) is 93.4 Å². The molecule has 7 atom stereocenters. The molecule has 1 fully saturated rings. The minimum Gasteiger partial charge on any atom is -0.387 e. The fourth-order valence-corrected chi connectivity index (χ4v) is 6.73. The maximum absolute atomic E-state index is 5.64. The zero-order valence-corrected chi connectivity index (χ0v) is 31.2. The van der Waals surface area contributed by atoms with E-state index in [4.69, 9.17) is 11.6 Å². The van der Waals surface area contributed by atoms with Gasteiger partial charge in [-0.2, -0.15) is 0 Å². The molecule has 3 rings (SSSR count). The second kappa shape index (κ2) is 20.5. The lowest BCUT2D eigenvalue weighted by atomic mass is 9.80. The van der Waals surface area contributed by atoms with Gasteiger partial charge in [0, 0.05) is 28.9 Å². The van der Waals surface area contributed by atoms with Gasteiger partial charge in [0.05, 0.1) is 6.54 Å². The van der Waals surface area contributed by atoms with Gasteiger partial charge in [-0.1, -0.05) is 126 Å². The molecule has 2 aromatic rings. The largest absolute Gasteiger partial charge is 0.387 e. The normalized spacial score (nSPS) is 19.1.